The number of likely N-dealkylation sites (tertiary alicyclic amines) is 1. The van der Waals surface area contributed by atoms with E-state index in [2.05, 4.69) is 10.6 Å². The van der Waals surface area contributed by atoms with Crippen LogP contribution in [0.1, 0.15) is 45.4 Å². The number of carboxylic acid groups (broad SMARTS) is 1. The summed E-state index contributed by atoms with van der Waals surface area (Å²) in [5.74, 6) is -1.40. The van der Waals surface area contributed by atoms with Crippen LogP contribution in [0.3, 0.4) is 0 Å². The van der Waals surface area contributed by atoms with Gasteiger partial charge in [0.25, 0.3) is 0 Å². The number of nitrogens with zero attached hydrogens (tertiary/aromatic N) is 1. The third-order valence-electron chi connectivity index (χ3n) is 5.20. The van der Waals surface area contributed by atoms with E-state index >= 15 is 0 Å². The van der Waals surface area contributed by atoms with Gasteiger partial charge >= 0.3 is 5.97 Å². The number of rotatable bonds is 6. The van der Waals surface area contributed by atoms with Gasteiger partial charge in [-0.2, -0.15) is 0 Å². The summed E-state index contributed by atoms with van der Waals surface area (Å²) in [6, 6.07) is 0. The molecule has 0 aromatic heterocycles. The second kappa shape index (κ2) is 8.62. The van der Waals surface area contributed by atoms with Gasteiger partial charge in [-0.3, -0.25) is 15.3 Å². The second-order valence-corrected chi connectivity index (χ2v) is 7.41. The van der Waals surface area contributed by atoms with E-state index in [1.165, 1.54) is 6.92 Å². The third-order valence-corrected chi connectivity index (χ3v) is 5.20. The summed E-state index contributed by atoms with van der Waals surface area (Å²) in [4.78, 5) is 37.5. The van der Waals surface area contributed by atoms with Crippen LogP contribution in [0, 0.1) is 11.8 Å². The fraction of sp³-hybridized carbons (Fsp3) is 0.824. The molecular weight excluding hydrogens is 324 g/mol. The molecule has 2 aliphatic rings. The number of carbonyl (C=O) groups is 3. The summed E-state index contributed by atoms with van der Waals surface area (Å²) in [5.41, 5.74) is 3.78. The lowest BCUT2D eigenvalue weighted by molar-refractivity contribution is -0.148. The number of carboxylic acids is 1. The first-order chi connectivity index (χ1) is 11.8. The van der Waals surface area contributed by atoms with Crippen LogP contribution in [-0.2, 0) is 14.4 Å². The Kier molecular flexibility index (Phi) is 6.78. The number of nitrogens with two attached hydrogens (primary N) is 1. The van der Waals surface area contributed by atoms with Crippen LogP contribution in [0.4, 0.5) is 0 Å². The molecule has 0 aromatic rings. The SMILES string of the molecule is C[C@](N)(NC(=O)C1CCCN(C(=O)CCC2CCNCC2)C1)C(=O)O. The molecule has 2 saturated heterocycles. The molecule has 8 nitrogen and oxygen atoms in total. The molecule has 0 aromatic carbocycles. The minimum atomic E-state index is -1.79. The molecule has 0 radical (unpaired) electrons. The van der Waals surface area contributed by atoms with Crippen molar-refractivity contribution < 1.29 is 19.5 Å². The third kappa shape index (κ3) is 5.67. The van der Waals surface area contributed by atoms with E-state index in [0.717, 1.165) is 38.8 Å². The summed E-state index contributed by atoms with van der Waals surface area (Å²) in [6.45, 7) is 4.29. The van der Waals surface area contributed by atoms with E-state index in [-0.39, 0.29) is 5.91 Å². The van der Waals surface area contributed by atoms with Crippen molar-refractivity contribution >= 4 is 17.8 Å². The predicted molar refractivity (Wildman–Crippen MR) is 92.5 cm³/mol. The molecule has 0 bridgehead atoms. The Balaban J connectivity index is 1.81. The highest BCUT2D eigenvalue weighted by molar-refractivity contribution is 5.87. The fourth-order valence-corrected chi connectivity index (χ4v) is 3.49. The average molecular weight is 354 g/mol. The molecule has 25 heavy (non-hydrogen) atoms. The minimum Gasteiger partial charge on any atom is -0.479 e. The van der Waals surface area contributed by atoms with Crippen molar-refractivity contribution in [1.82, 2.24) is 15.5 Å². The summed E-state index contributed by atoms with van der Waals surface area (Å²) in [7, 11) is 0. The number of piperidine rings is 2. The quantitative estimate of drug-likeness (QED) is 0.493. The molecule has 142 valence electrons. The van der Waals surface area contributed by atoms with Crippen LogP contribution in [0.15, 0.2) is 0 Å². The molecule has 2 fully saturated rings. The van der Waals surface area contributed by atoms with Gasteiger partial charge in [0.2, 0.25) is 11.8 Å². The van der Waals surface area contributed by atoms with Gasteiger partial charge in [-0.05, 0) is 58.0 Å². The van der Waals surface area contributed by atoms with Crippen LogP contribution in [0.25, 0.3) is 0 Å². The minimum absolute atomic E-state index is 0.0878. The van der Waals surface area contributed by atoms with Crippen LogP contribution in [0.5, 0.6) is 0 Å². The van der Waals surface area contributed by atoms with Gasteiger partial charge in [0.1, 0.15) is 0 Å². The number of hydrogen-bond acceptors (Lipinski definition) is 5. The summed E-state index contributed by atoms with van der Waals surface area (Å²) >= 11 is 0. The molecular formula is C17H30N4O4. The monoisotopic (exact) mass is 354 g/mol. The predicted octanol–water partition coefficient (Wildman–Crippen LogP) is -0.119. The summed E-state index contributed by atoms with van der Waals surface area (Å²) in [6.07, 6.45) is 5.02. The first-order valence-corrected chi connectivity index (χ1v) is 9.12. The Morgan fingerprint density at radius 3 is 2.60 bits per heavy atom. The lowest BCUT2D eigenvalue weighted by Gasteiger charge is -2.34. The van der Waals surface area contributed by atoms with Gasteiger partial charge < -0.3 is 20.6 Å². The van der Waals surface area contributed by atoms with Crippen molar-refractivity contribution in [2.24, 2.45) is 17.6 Å². The molecule has 2 aliphatic heterocycles. The van der Waals surface area contributed by atoms with Crippen molar-refractivity contribution in [3.63, 3.8) is 0 Å². The fourth-order valence-electron chi connectivity index (χ4n) is 3.49. The smallest absolute Gasteiger partial charge is 0.344 e. The Hall–Kier alpha value is -1.67. The maximum atomic E-state index is 12.5. The highest BCUT2D eigenvalue weighted by Crippen LogP contribution is 2.21. The highest BCUT2D eigenvalue weighted by atomic mass is 16.4. The molecule has 2 rings (SSSR count). The number of aliphatic carboxylic acids is 1. The van der Waals surface area contributed by atoms with Crippen LogP contribution in [-0.4, -0.2) is 59.6 Å². The van der Waals surface area contributed by atoms with Crippen molar-refractivity contribution in [2.45, 2.75) is 51.1 Å². The topological polar surface area (TPSA) is 125 Å². The van der Waals surface area contributed by atoms with E-state index in [4.69, 9.17) is 10.8 Å². The van der Waals surface area contributed by atoms with E-state index in [9.17, 15) is 14.4 Å². The number of carbonyl (C=O) groups excluding carboxylic acids is 2. The standard InChI is InChI=1S/C17H30N4O4/c1-17(18,16(24)25)20-15(23)13-3-2-10-21(11-13)14(22)5-4-12-6-8-19-9-7-12/h12-13,19H,2-11,18H2,1H3,(H,20,23)(H,24,25)/t13?,17-/m0/s1. The zero-order valence-corrected chi connectivity index (χ0v) is 14.9. The molecule has 5 N–H and O–H groups in total. The lowest BCUT2D eigenvalue weighted by Crippen LogP contribution is -2.61. The number of hydrogen-bond donors (Lipinski definition) is 4. The molecule has 2 amide bonds. The molecule has 0 aliphatic carbocycles. The van der Waals surface area contributed by atoms with E-state index in [1.807, 2.05) is 0 Å². The Morgan fingerprint density at radius 2 is 1.96 bits per heavy atom. The van der Waals surface area contributed by atoms with Gasteiger partial charge in [0, 0.05) is 19.5 Å². The zero-order chi connectivity index (χ0) is 18.4. The van der Waals surface area contributed by atoms with E-state index in [0.29, 0.717) is 31.8 Å². The van der Waals surface area contributed by atoms with Crippen molar-refractivity contribution in [3.8, 4) is 0 Å². The van der Waals surface area contributed by atoms with Crippen LogP contribution in [0.2, 0.25) is 0 Å². The second-order valence-electron chi connectivity index (χ2n) is 7.41. The number of amides is 2. The van der Waals surface area contributed by atoms with Crippen molar-refractivity contribution in [2.75, 3.05) is 26.2 Å². The maximum Gasteiger partial charge on any atom is 0.344 e. The summed E-state index contributed by atoms with van der Waals surface area (Å²) < 4.78 is 0. The van der Waals surface area contributed by atoms with Gasteiger partial charge in [-0.15, -0.1) is 0 Å². The normalized spacial score (nSPS) is 24.4. The maximum absolute atomic E-state index is 12.5. The molecule has 1 unspecified atom stereocenters. The molecule has 2 atom stereocenters. The molecule has 2 heterocycles. The van der Waals surface area contributed by atoms with Gasteiger partial charge in [-0.25, -0.2) is 4.79 Å². The van der Waals surface area contributed by atoms with Crippen molar-refractivity contribution in [1.29, 1.82) is 0 Å². The Labute approximate surface area is 148 Å². The molecule has 8 heteroatoms. The van der Waals surface area contributed by atoms with Crippen molar-refractivity contribution in [3.05, 3.63) is 0 Å². The Bertz CT molecular complexity index is 503. The first kappa shape index (κ1) is 19.7. The molecule has 0 saturated carbocycles. The average Bonchev–Trinajstić information content (AvgIpc) is 2.60. The molecule has 0 spiro atoms. The van der Waals surface area contributed by atoms with E-state index < -0.39 is 23.5 Å². The zero-order valence-electron chi connectivity index (χ0n) is 14.9. The Morgan fingerprint density at radius 1 is 1.28 bits per heavy atom. The highest BCUT2D eigenvalue weighted by Gasteiger charge is 2.35. The van der Waals surface area contributed by atoms with Crippen LogP contribution >= 0.6 is 0 Å². The van der Waals surface area contributed by atoms with Gasteiger partial charge in [0.05, 0.1) is 5.92 Å². The first-order valence-electron chi connectivity index (χ1n) is 9.12. The number of nitrogens with one attached hydrogen (secondary N) is 2. The lowest BCUT2D eigenvalue weighted by atomic mass is 9.92. The van der Waals surface area contributed by atoms with E-state index in [1.54, 1.807) is 4.90 Å². The summed E-state index contributed by atoms with van der Waals surface area (Å²) in [5, 5.41) is 14.7. The van der Waals surface area contributed by atoms with Crippen LogP contribution < -0.4 is 16.4 Å². The van der Waals surface area contributed by atoms with Gasteiger partial charge in [0.15, 0.2) is 5.66 Å². The van der Waals surface area contributed by atoms with Gasteiger partial charge in [-0.1, -0.05) is 0 Å². The largest absolute Gasteiger partial charge is 0.479 e.